The summed E-state index contributed by atoms with van der Waals surface area (Å²) in [5.41, 5.74) is 0.862. The van der Waals surface area contributed by atoms with Gasteiger partial charge < -0.3 is 14.3 Å². The molecule has 0 unspecified atom stereocenters. The van der Waals surface area contributed by atoms with Gasteiger partial charge in [-0.2, -0.15) is 4.98 Å². The highest BCUT2D eigenvalue weighted by atomic mass is 16.5. The van der Waals surface area contributed by atoms with Crippen LogP contribution >= 0.6 is 0 Å². The number of carbonyl (C=O) groups excluding carboxylic acids is 1. The number of piperidine rings is 1. The predicted octanol–water partition coefficient (Wildman–Crippen LogP) is 2.71. The Kier molecular flexibility index (Phi) is 6.85. The Labute approximate surface area is 184 Å². The lowest BCUT2D eigenvalue weighted by Gasteiger charge is -2.39. The molecule has 0 radical (unpaired) electrons. The van der Waals surface area contributed by atoms with Crippen LogP contribution in [-0.4, -0.2) is 76.6 Å². The Morgan fingerprint density at radius 2 is 2.03 bits per heavy atom. The van der Waals surface area contributed by atoms with Crippen LogP contribution in [0.15, 0.2) is 22.9 Å². The van der Waals surface area contributed by atoms with Crippen LogP contribution in [0, 0.1) is 11.8 Å². The van der Waals surface area contributed by atoms with Crippen LogP contribution in [0.25, 0.3) is 11.4 Å². The van der Waals surface area contributed by atoms with E-state index in [9.17, 15) is 4.79 Å². The fourth-order valence-electron chi connectivity index (χ4n) is 4.63. The molecule has 8 heteroatoms. The van der Waals surface area contributed by atoms with Gasteiger partial charge in [-0.15, -0.1) is 0 Å². The summed E-state index contributed by atoms with van der Waals surface area (Å²) in [6, 6.07) is 3.87. The van der Waals surface area contributed by atoms with Gasteiger partial charge in [-0.05, 0) is 30.9 Å². The third kappa shape index (κ3) is 5.06. The van der Waals surface area contributed by atoms with Crippen molar-refractivity contribution in [3.05, 3.63) is 24.2 Å². The number of aromatic nitrogens is 3. The van der Waals surface area contributed by atoms with Gasteiger partial charge in [0.05, 0.1) is 11.5 Å². The average Bonchev–Trinajstić information content (AvgIpc) is 3.28. The first kappa shape index (κ1) is 21.7. The van der Waals surface area contributed by atoms with E-state index in [1.54, 1.807) is 6.20 Å². The molecule has 0 N–H and O–H groups in total. The zero-order valence-corrected chi connectivity index (χ0v) is 19.0. The first-order chi connectivity index (χ1) is 15.0. The Morgan fingerprint density at radius 3 is 2.74 bits per heavy atom. The number of piperazine rings is 1. The number of carbonyl (C=O) groups is 1. The van der Waals surface area contributed by atoms with Gasteiger partial charge in [0, 0.05) is 58.4 Å². The van der Waals surface area contributed by atoms with Crippen LogP contribution in [-0.2, 0) is 11.2 Å². The van der Waals surface area contributed by atoms with Gasteiger partial charge in [0.1, 0.15) is 5.82 Å². The lowest BCUT2D eigenvalue weighted by atomic mass is 9.95. The van der Waals surface area contributed by atoms with Gasteiger partial charge in [0.25, 0.3) is 0 Å². The second-order valence-corrected chi connectivity index (χ2v) is 9.04. The predicted molar refractivity (Wildman–Crippen MR) is 120 cm³/mol. The van der Waals surface area contributed by atoms with Crippen LogP contribution in [0.4, 0.5) is 5.82 Å². The maximum Gasteiger partial charge on any atom is 0.227 e. The van der Waals surface area contributed by atoms with E-state index in [4.69, 9.17) is 4.52 Å². The molecule has 1 amide bonds. The zero-order chi connectivity index (χ0) is 21.8. The molecule has 2 aromatic rings. The minimum Gasteiger partial charge on any atom is -0.355 e. The lowest BCUT2D eigenvalue weighted by molar-refractivity contribution is -0.137. The Balaban J connectivity index is 1.43. The van der Waals surface area contributed by atoms with E-state index in [0.29, 0.717) is 36.5 Å². The lowest BCUT2D eigenvalue weighted by Crippen LogP contribution is -2.53. The quantitative estimate of drug-likeness (QED) is 0.703. The highest BCUT2D eigenvalue weighted by Crippen LogP contribution is 2.30. The van der Waals surface area contributed by atoms with Crippen LogP contribution in [0.1, 0.15) is 39.5 Å². The summed E-state index contributed by atoms with van der Waals surface area (Å²) in [6.07, 6.45) is 4.41. The number of hydrogen-bond donors (Lipinski definition) is 0. The highest BCUT2D eigenvalue weighted by Gasteiger charge is 2.32. The van der Waals surface area contributed by atoms with E-state index in [-0.39, 0.29) is 5.92 Å². The second-order valence-electron chi connectivity index (χ2n) is 9.04. The second kappa shape index (κ2) is 9.77. The van der Waals surface area contributed by atoms with Crippen molar-refractivity contribution in [1.29, 1.82) is 0 Å². The van der Waals surface area contributed by atoms with E-state index in [2.05, 4.69) is 43.7 Å². The van der Waals surface area contributed by atoms with E-state index < -0.39 is 0 Å². The molecule has 0 aromatic carbocycles. The van der Waals surface area contributed by atoms with Crippen molar-refractivity contribution in [2.24, 2.45) is 11.8 Å². The van der Waals surface area contributed by atoms with Gasteiger partial charge in [-0.1, -0.05) is 25.9 Å². The summed E-state index contributed by atoms with van der Waals surface area (Å²) in [5, 5.41) is 4.14. The van der Waals surface area contributed by atoms with E-state index in [0.717, 1.165) is 63.5 Å². The van der Waals surface area contributed by atoms with Gasteiger partial charge in [-0.3, -0.25) is 9.69 Å². The summed E-state index contributed by atoms with van der Waals surface area (Å²) < 4.78 is 5.31. The van der Waals surface area contributed by atoms with Gasteiger partial charge in [-0.25, -0.2) is 4.98 Å². The van der Waals surface area contributed by atoms with E-state index in [1.807, 2.05) is 19.1 Å². The SMILES string of the molecule is CCc1nc(-c2cccnc2N2CCC[C@@H](C(=O)N3CCN(CC(C)C)CC3)C2)no1. The van der Waals surface area contributed by atoms with Gasteiger partial charge in [0.15, 0.2) is 0 Å². The van der Waals surface area contributed by atoms with Crippen molar-refractivity contribution in [3.8, 4) is 11.4 Å². The van der Waals surface area contributed by atoms with E-state index in [1.165, 1.54) is 0 Å². The molecule has 2 aliphatic rings. The molecule has 4 heterocycles. The number of nitrogens with zero attached hydrogens (tertiary/aromatic N) is 6. The molecular weight excluding hydrogens is 392 g/mol. The zero-order valence-electron chi connectivity index (χ0n) is 19.0. The van der Waals surface area contributed by atoms with Gasteiger partial charge in [0.2, 0.25) is 17.6 Å². The monoisotopic (exact) mass is 426 g/mol. The molecule has 1 atom stereocenters. The molecular formula is C23H34N6O2. The fourth-order valence-corrected chi connectivity index (χ4v) is 4.63. The molecule has 168 valence electrons. The van der Waals surface area contributed by atoms with Crippen LogP contribution < -0.4 is 4.90 Å². The average molecular weight is 427 g/mol. The first-order valence-corrected chi connectivity index (χ1v) is 11.6. The van der Waals surface area contributed by atoms with Crippen molar-refractivity contribution in [2.75, 3.05) is 50.7 Å². The highest BCUT2D eigenvalue weighted by molar-refractivity contribution is 5.80. The molecule has 2 saturated heterocycles. The van der Waals surface area contributed by atoms with Crippen LogP contribution in [0.5, 0.6) is 0 Å². The minimum absolute atomic E-state index is 0.0109. The van der Waals surface area contributed by atoms with Crippen molar-refractivity contribution in [2.45, 2.75) is 40.0 Å². The molecule has 31 heavy (non-hydrogen) atoms. The third-order valence-corrected chi connectivity index (χ3v) is 6.18. The topological polar surface area (TPSA) is 78.6 Å². The maximum atomic E-state index is 13.3. The van der Waals surface area contributed by atoms with Crippen molar-refractivity contribution in [1.82, 2.24) is 24.9 Å². The summed E-state index contributed by atoms with van der Waals surface area (Å²) in [5.74, 6) is 2.98. The summed E-state index contributed by atoms with van der Waals surface area (Å²) in [7, 11) is 0. The molecule has 0 saturated carbocycles. The van der Waals surface area contributed by atoms with Crippen molar-refractivity contribution in [3.63, 3.8) is 0 Å². The standard InChI is InChI=1S/C23H34N6O2/c1-4-20-25-21(26-31-20)19-8-5-9-24-22(19)29-10-6-7-18(16-29)23(30)28-13-11-27(12-14-28)15-17(2)3/h5,8-9,17-18H,4,6-7,10-16H2,1-3H3/t18-/m1/s1. The summed E-state index contributed by atoms with van der Waals surface area (Å²) >= 11 is 0. The van der Waals surface area contributed by atoms with Crippen molar-refractivity contribution >= 4 is 11.7 Å². The molecule has 8 nitrogen and oxygen atoms in total. The summed E-state index contributed by atoms with van der Waals surface area (Å²) in [6.45, 7) is 12.8. The van der Waals surface area contributed by atoms with Gasteiger partial charge >= 0.3 is 0 Å². The molecule has 0 bridgehead atoms. The van der Waals surface area contributed by atoms with Crippen LogP contribution in [0.2, 0.25) is 0 Å². The number of anilines is 1. The molecule has 2 fully saturated rings. The Bertz CT molecular complexity index is 874. The smallest absolute Gasteiger partial charge is 0.227 e. The molecule has 0 aliphatic carbocycles. The normalized spacial score (nSPS) is 20.5. The Morgan fingerprint density at radius 1 is 1.23 bits per heavy atom. The minimum atomic E-state index is 0.0109. The number of rotatable bonds is 6. The maximum absolute atomic E-state index is 13.3. The molecule has 4 rings (SSSR count). The number of hydrogen-bond acceptors (Lipinski definition) is 7. The van der Waals surface area contributed by atoms with Crippen LogP contribution in [0.3, 0.4) is 0 Å². The fraction of sp³-hybridized carbons (Fsp3) is 0.652. The number of pyridine rings is 1. The van der Waals surface area contributed by atoms with E-state index >= 15 is 0 Å². The number of aryl methyl sites for hydroxylation is 1. The molecule has 2 aromatic heterocycles. The van der Waals surface area contributed by atoms with Crippen molar-refractivity contribution < 1.29 is 9.32 Å². The first-order valence-electron chi connectivity index (χ1n) is 11.6. The molecule has 0 spiro atoms. The molecule has 2 aliphatic heterocycles. The number of amides is 1. The largest absolute Gasteiger partial charge is 0.355 e. The third-order valence-electron chi connectivity index (χ3n) is 6.18. The Hall–Kier alpha value is -2.48. The summed E-state index contributed by atoms with van der Waals surface area (Å²) in [4.78, 5) is 29.1.